The van der Waals surface area contributed by atoms with Gasteiger partial charge in [-0.2, -0.15) is 0 Å². The monoisotopic (exact) mass is 170 g/mol. The van der Waals surface area contributed by atoms with Gasteiger partial charge >= 0.3 is 5.97 Å². The van der Waals surface area contributed by atoms with Gasteiger partial charge in [-0.25, -0.2) is 4.79 Å². The molecule has 3 heteroatoms. The topological polar surface area (TPSA) is 46.5 Å². The summed E-state index contributed by atoms with van der Waals surface area (Å²) >= 11 is 0. The van der Waals surface area contributed by atoms with E-state index in [2.05, 4.69) is 6.58 Å². The van der Waals surface area contributed by atoms with Gasteiger partial charge in [-0.3, -0.25) is 0 Å². The molecule has 12 heavy (non-hydrogen) atoms. The van der Waals surface area contributed by atoms with Crippen LogP contribution in [-0.2, 0) is 9.53 Å². The largest absolute Gasteiger partial charge is 0.478 e. The number of aliphatic carboxylic acids is 1. The lowest BCUT2D eigenvalue weighted by Crippen LogP contribution is -2.01. The third-order valence-corrected chi connectivity index (χ3v) is 1.34. The third-order valence-electron chi connectivity index (χ3n) is 1.34. The van der Waals surface area contributed by atoms with Crippen LogP contribution in [0.4, 0.5) is 0 Å². The van der Waals surface area contributed by atoms with Gasteiger partial charge in [0, 0.05) is 5.57 Å². The van der Waals surface area contributed by atoms with Crippen molar-refractivity contribution >= 4 is 5.97 Å². The molecule has 0 aliphatic carbocycles. The molecule has 0 unspecified atom stereocenters. The molecule has 0 aliphatic rings. The Hall–Kier alpha value is -1.09. The van der Waals surface area contributed by atoms with Crippen LogP contribution in [0.5, 0.6) is 0 Å². The Labute approximate surface area is 72.3 Å². The highest BCUT2D eigenvalue weighted by Gasteiger charge is 2.01. The molecular formula is C9H14O3. The zero-order valence-corrected chi connectivity index (χ0v) is 7.25. The van der Waals surface area contributed by atoms with Crippen LogP contribution in [0, 0.1) is 0 Å². The average molecular weight is 170 g/mol. The van der Waals surface area contributed by atoms with Crippen molar-refractivity contribution in [3.63, 3.8) is 0 Å². The van der Waals surface area contributed by atoms with Crippen LogP contribution >= 0.6 is 0 Å². The van der Waals surface area contributed by atoms with Gasteiger partial charge in [-0.15, -0.1) is 6.58 Å². The number of carbonyl (C=O) groups is 1. The minimum atomic E-state index is -0.875. The lowest BCUT2D eigenvalue weighted by atomic mass is 10.2. The highest BCUT2D eigenvalue weighted by molar-refractivity contribution is 5.86. The maximum absolute atomic E-state index is 10.5. The van der Waals surface area contributed by atoms with Gasteiger partial charge in [0.25, 0.3) is 0 Å². The van der Waals surface area contributed by atoms with Crippen molar-refractivity contribution in [2.45, 2.75) is 13.3 Å². The van der Waals surface area contributed by atoms with E-state index < -0.39 is 5.97 Å². The highest BCUT2D eigenvalue weighted by atomic mass is 16.5. The van der Waals surface area contributed by atoms with Crippen LogP contribution in [0.2, 0.25) is 0 Å². The first-order valence-corrected chi connectivity index (χ1v) is 3.83. The maximum atomic E-state index is 10.5. The first kappa shape index (κ1) is 10.9. The summed E-state index contributed by atoms with van der Waals surface area (Å²) in [7, 11) is 0. The number of carboxylic acid groups (broad SMARTS) is 1. The quantitative estimate of drug-likeness (QED) is 0.374. The van der Waals surface area contributed by atoms with Gasteiger partial charge in [0.05, 0.1) is 13.2 Å². The highest BCUT2D eigenvalue weighted by Crippen LogP contribution is 1.99. The van der Waals surface area contributed by atoms with E-state index in [4.69, 9.17) is 9.84 Å². The molecule has 0 fully saturated rings. The van der Waals surface area contributed by atoms with Crippen LogP contribution in [0.1, 0.15) is 13.3 Å². The zero-order valence-electron chi connectivity index (χ0n) is 7.25. The summed E-state index contributed by atoms with van der Waals surface area (Å²) in [6.45, 7) is 6.06. The Morgan fingerprint density at radius 2 is 2.25 bits per heavy atom. The van der Waals surface area contributed by atoms with E-state index in [0.29, 0.717) is 25.2 Å². The Bertz CT molecular complexity index is 182. The molecule has 0 rings (SSSR count). The molecule has 3 nitrogen and oxygen atoms in total. The van der Waals surface area contributed by atoms with E-state index in [9.17, 15) is 4.79 Å². The molecule has 0 aromatic rings. The molecule has 68 valence electrons. The minimum absolute atomic E-state index is 0.335. The van der Waals surface area contributed by atoms with Crippen molar-refractivity contribution in [1.82, 2.24) is 0 Å². The molecule has 0 heterocycles. The fourth-order valence-electron chi connectivity index (χ4n) is 0.694. The summed E-state index contributed by atoms with van der Waals surface area (Å²) in [6.07, 6.45) is 3.72. The van der Waals surface area contributed by atoms with Gasteiger partial charge in [-0.1, -0.05) is 13.0 Å². The molecule has 0 atom stereocenters. The Kier molecular flexibility index (Phi) is 6.01. The molecule has 0 aromatic heterocycles. The lowest BCUT2D eigenvalue weighted by Gasteiger charge is -1.98. The van der Waals surface area contributed by atoms with Gasteiger partial charge < -0.3 is 9.84 Å². The average Bonchev–Trinajstić information content (AvgIpc) is 2.04. The number of ether oxygens (including phenoxy) is 1. The van der Waals surface area contributed by atoms with Crippen molar-refractivity contribution < 1.29 is 14.6 Å². The van der Waals surface area contributed by atoms with Crippen molar-refractivity contribution in [2.75, 3.05) is 13.2 Å². The number of hydrogen-bond donors (Lipinski definition) is 1. The first-order valence-electron chi connectivity index (χ1n) is 3.83. The number of hydrogen-bond acceptors (Lipinski definition) is 2. The fourth-order valence-corrected chi connectivity index (χ4v) is 0.694. The van der Waals surface area contributed by atoms with Gasteiger partial charge in [0.15, 0.2) is 0 Å². The lowest BCUT2D eigenvalue weighted by molar-refractivity contribution is -0.132. The summed E-state index contributed by atoms with van der Waals surface area (Å²) in [5.41, 5.74) is 0.388. The molecule has 0 radical (unpaired) electrons. The maximum Gasteiger partial charge on any atom is 0.331 e. The van der Waals surface area contributed by atoms with Gasteiger partial charge in [0.1, 0.15) is 0 Å². The Morgan fingerprint density at radius 3 is 2.67 bits per heavy atom. The summed E-state index contributed by atoms with van der Waals surface area (Å²) in [6, 6.07) is 0. The Balaban J connectivity index is 3.78. The normalized spacial score (nSPS) is 11.2. The smallest absolute Gasteiger partial charge is 0.331 e. The van der Waals surface area contributed by atoms with E-state index in [1.165, 1.54) is 0 Å². The van der Waals surface area contributed by atoms with Gasteiger partial charge in [-0.05, 0) is 12.5 Å². The molecule has 0 aromatic carbocycles. The van der Waals surface area contributed by atoms with Crippen molar-refractivity contribution in [2.24, 2.45) is 0 Å². The minimum Gasteiger partial charge on any atom is -0.478 e. The number of rotatable bonds is 6. The van der Waals surface area contributed by atoms with Gasteiger partial charge in [0.2, 0.25) is 0 Å². The molecule has 0 saturated carbocycles. The van der Waals surface area contributed by atoms with E-state index in [-0.39, 0.29) is 0 Å². The third kappa shape index (κ3) is 4.68. The SMILES string of the molecule is C=CCOCC=C(CC)C(=O)O. The summed E-state index contributed by atoms with van der Waals surface area (Å²) in [5.74, 6) is -0.875. The first-order chi connectivity index (χ1) is 5.72. The molecule has 0 spiro atoms. The molecule has 1 N–H and O–H groups in total. The van der Waals surface area contributed by atoms with Crippen molar-refractivity contribution in [3.05, 3.63) is 24.3 Å². The molecule has 0 bridgehead atoms. The van der Waals surface area contributed by atoms with Crippen molar-refractivity contribution in [1.29, 1.82) is 0 Å². The number of carboxylic acids is 1. The zero-order chi connectivity index (χ0) is 9.40. The van der Waals surface area contributed by atoms with E-state index in [1.54, 1.807) is 19.1 Å². The molecular weight excluding hydrogens is 156 g/mol. The van der Waals surface area contributed by atoms with Crippen LogP contribution < -0.4 is 0 Å². The Morgan fingerprint density at radius 1 is 1.58 bits per heavy atom. The predicted molar refractivity (Wildman–Crippen MR) is 47.0 cm³/mol. The van der Waals surface area contributed by atoms with E-state index in [0.717, 1.165) is 0 Å². The van der Waals surface area contributed by atoms with E-state index in [1.807, 2.05) is 0 Å². The molecule has 0 saturated heterocycles. The van der Waals surface area contributed by atoms with Crippen molar-refractivity contribution in [3.8, 4) is 0 Å². The summed E-state index contributed by atoms with van der Waals surface area (Å²) in [4.78, 5) is 10.5. The van der Waals surface area contributed by atoms with Crippen LogP contribution in [0.25, 0.3) is 0 Å². The standard InChI is InChI=1S/C9H14O3/c1-3-6-12-7-5-8(4-2)9(10)11/h3,5H,1,4,6-7H2,2H3,(H,10,11). The fraction of sp³-hybridized carbons (Fsp3) is 0.444. The molecule has 0 amide bonds. The predicted octanol–water partition coefficient (Wildman–Crippen LogP) is 1.61. The summed E-state index contributed by atoms with van der Waals surface area (Å²) in [5, 5.41) is 8.59. The van der Waals surface area contributed by atoms with Crippen LogP contribution in [-0.4, -0.2) is 24.3 Å². The summed E-state index contributed by atoms with van der Waals surface area (Å²) < 4.78 is 5.01. The van der Waals surface area contributed by atoms with E-state index >= 15 is 0 Å². The second-order valence-corrected chi connectivity index (χ2v) is 2.21. The second-order valence-electron chi connectivity index (χ2n) is 2.21. The van der Waals surface area contributed by atoms with Crippen LogP contribution in [0.3, 0.4) is 0 Å². The molecule has 0 aliphatic heterocycles. The van der Waals surface area contributed by atoms with Crippen LogP contribution in [0.15, 0.2) is 24.3 Å². The second kappa shape index (κ2) is 6.61.